The standard InChI is InChI=1S/C43H54N8O8S2/c1-26-24-33(58-7)27(2)28(3)36(26)61(56,57)49-40(44)45-21-13-17-31(35(52)38-47-30-16-11-12-18-34(30)60-38)46-37(53)32-19-22-50-23-20-43(39(54)51(32)50,25-29-14-9-8-10-15-29)48-41(55)59-42(4,5)6/h8-12,14-16,18,24,31-32H,13,17,19-23,25H2,1-7H3,(H,46,53)(H,48,55)(H3,44,45,49)/t31-,32-,43+/m0/s1. The van der Waals surface area contributed by atoms with Gasteiger partial charge < -0.3 is 25.8 Å². The maximum absolute atomic E-state index is 14.7. The average molecular weight is 875 g/mol. The van der Waals surface area contributed by atoms with Crippen LogP contribution in [0.2, 0.25) is 0 Å². The number of nitrogens with one attached hydrogen (secondary N) is 3. The van der Waals surface area contributed by atoms with Crippen LogP contribution in [-0.2, 0) is 30.8 Å². The molecule has 2 aliphatic rings. The van der Waals surface area contributed by atoms with Crippen molar-refractivity contribution < 1.29 is 37.1 Å². The Morgan fingerprint density at radius 1 is 1.05 bits per heavy atom. The Hall–Kier alpha value is -5.59. The molecule has 2 saturated heterocycles. The number of carbonyl (C=O) groups excluding carboxylic acids is 4. The Balaban J connectivity index is 1.21. The Kier molecular flexibility index (Phi) is 13.4. The molecule has 0 spiro atoms. The number of ketones is 1. The van der Waals surface area contributed by atoms with Crippen LogP contribution in [0.15, 0.2) is 70.6 Å². The number of guanidine groups is 1. The van der Waals surface area contributed by atoms with E-state index in [-0.39, 0.29) is 48.1 Å². The van der Waals surface area contributed by atoms with Gasteiger partial charge in [0.05, 0.1) is 28.3 Å². The second-order valence-electron chi connectivity index (χ2n) is 16.4. The van der Waals surface area contributed by atoms with Gasteiger partial charge in [-0.15, -0.1) is 11.3 Å². The third-order valence-electron chi connectivity index (χ3n) is 10.8. The summed E-state index contributed by atoms with van der Waals surface area (Å²) in [5, 5.41) is 9.25. The molecule has 0 bridgehead atoms. The van der Waals surface area contributed by atoms with E-state index in [0.29, 0.717) is 47.5 Å². The molecule has 6 rings (SSSR count). The highest BCUT2D eigenvalue weighted by Gasteiger charge is 2.54. The molecular weight excluding hydrogens is 821 g/mol. The van der Waals surface area contributed by atoms with Gasteiger partial charge in [-0.3, -0.25) is 24.4 Å². The molecule has 61 heavy (non-hydrogen) atoms. The number of carbonyl (C=O) groups is 4. The van der Waals surface area contributed by atoms with Crippen molar-refractivity contribution in [2.45, 2.75) is 102 Å². The lowest BCUT2D eigenvalue weighted by Crippen LogP contribution is -2.70. The lowest BCUT2D eigenvalue weighted by molar-refractivity contribution is -0.167. The minimum absolute atomic E-state index is 0.0214. The summed E-state index contributed by atoms with van der Waals surface area (Å²) in [6.45, 7) is 11.2. The number of Topliss-reactive ketones (excluding diaryl/α,β-unsaturated/α-hetero) is 1. The number of rotatable bonds is 14. The van der Waals surface area contributed by atoms with Gasteiger partial charge in [0.15, 0.2) is 5.01 Å². The van der Waals surface area contributed by atoms with Crippen molar-refractivity contribution in [3.05, 3.63) is 87.9 Å². The van der Waals surface area contributed by atoms with Gasteiger partial charge in [-0.05, 0) is 108 Å². The van der Waals surface area contributed by atoms with E-state index in [0.717, 1.165) is 10.3 Å². The molecule has 3 atom stereocenters. The topological polar surface area (TPSA) is 215 Å². The molecule has 0 unspecified atom stereocenters. The van der Waals surface area contributed by atoms with Crippen molar-refractivity contribution in [2.24, 2.45) is 10.7 Å². The number of nitrogens with two attached hydrogens (primary N) is 1. The molecule has 3 aromatic carbocycles. The molecule has 2 fully saturated rings. The fourth-order valence-electron chi connectivity index (χ4n) is 7.87. The first kappa shape index (κ1) is 44.9. The summed E-state index contributed by atoms with van der Waals surface area (Å²) in [5.41, 5.74) is 6.98. The van der Waals surface area contributed by atoms with Crippen molar-refractivity contribution >= 4 is 61.2 Å². The van der Waals surface area contributed by atoms with E-state index in [1.165, 1.54) is 23.5 Å². The van der Waals surface area contributed by atoms with Crippen LogP contribution in [0.5, 0.6) is 5.75 Å². The SMILES string of the molecule is COc1cc(C)c(S(=O)(=O)NC(N)=NCCC[C@H](NC(=O)[C@@H]2CCN3CC[C@](Cc4ccccc4)(NC(=O)OC(C)(C)C)C(=O)N23)C(=O)c2nc3ccccc3s2)c(C)c1C. The molecule has 0 aliphatic carbocycles. The number of hydrogen-bond donors (Lipinski definition) is 4. The number of fused-ring (bicyclic) bond motifs is 2. The molecule has 1 aromatic heterocycles. The summed E-state index contributed by atoms with van der Waals surface area (Å²) in [7, 11) is -2.59. The number of methoxy groups -OCH3 is 1. The summed E-state index contributed by atoms with van der Waals surface area (Å²) in [4.78, 5) is 65.4. The molecule has 326 valence electrons. The number of hydrogen-bond acceptors (Lipinski definition) is 12. The highest BCUT2D eigenvalue weighted by atomic mass is 32.2. The lowest BCUT2D eigenvalue weighted by Gasteiger charge is -2.46. The number of hydrazine groups is 1. The van der Waals surface area contributed by atoms with Crippen LogP contribution in [0.1, 0.15) is 78.5 Å². The molecule has 18 heteroatoms. The van der Waals surface area contributed by atoms with E-state index in [1.54, 1.807) is 53.7 Å². The van der Waals surface area contributed by atoms with Crippen LogP contribution in [0.3, 0.4) is 0 Å². The first-order chi connectivity index (χ1) is 28.8. The number of thiazole rings is 1. The summed E-state index contributed by atoms with van der Waals surface area (Å²) >= 11 is 1.21. The Morgan fingerprint density at radius 2 is 1.75 bits per heavy atom. The number of benzene rings is 3. The van der Waals surface area contributed by atoms with Crippen molar-refractivity contribution in [2.75, 3.05) is 26.7 Å². The quantitative estimate of drug-likeness (QED) is 0.0590. The van der Waals surface area contributed by atoms with Crippen molar-refractivity contribution in [3.63, 3.8) is 0 Å². The van der Waals surface area contributed by atoms with Crippen molar-refractivity contribution in [1.82, 2.24) is 30.4 Å². The van der Waals surface area contributed by atoms with Gasteiger partial charge >= 0.3 is 6.09 Å². The average Bonchev–Trinajstić information content (AvgIpc) is 3.83. The van der Waals surface area contributed by atoms with Gasteiger partial charge in [0.1, 0.15) is 22.9 Å². The summed E-state index contributed by atoms with van der Waals surface area (Å²) in [6.07, 6.45) is 0.320. The molecule has 3 heterocycles. The minimum Gasteiger partial charge on any atom is -0.496 e. The summed E-state index contributed by atoms with van der Waals surface area (Å²) in [6, 6.07) is 16.2. The number of aryl methyl sites for hydroxylation is 1. The van der Waals surface area contributed by atoms with Crippen LogP contribution < -0.4 is 25.8 Å². The molecule has 0 saturated carbocycles. The molecule has 16 nitrogen and oxygen atoms in total. The Labute approximate surface area is 360 Å². The van der Waals surface area contributed by atoms with Crippen LogP contribution in [0, 0.1) is 20.8 Å². The molecule has 5 N–H and O–H groups in total. The summed E-state index contributed by atoms with van der Waals surface area (Å²) < 4.78 is 41.0. The number of amides is 3. The molecule has 0 radical (unpaired) electrons. The van der Waals surface area contributed by atoms with E-state index in [2.05, 4.69) is 25.3 Å². The minimum atomic E-state index is -4.11. The Morgan fingerprint density at radius 3 is 2.44 bits per heavy atom. The van der Waals surface area contributed by atoms with Gasteiger partial charge in [-0.2, -0.15) is 0 Å². The predicted molar refractivity (Wildman–Crippen MR) is 233 cm³/mol. The van der Waals surface area contributed by atoms with Crippen LogP contribution in [0.25, 0.3) is 10.2 Å². The van der Waals surface area contributed by atoms with Crippen LogP contribution >= 0.6 is 11.3 Å². The number of para-hydroxylation sites is 1. The van der Waals surface area contributed by atoms with E-state index in [1.807, 2.05) is 53.5 Å². The monoisotopic (exact) mass is 874 g/mol. The normalized spacial score (nSPS) is 19.0. The fourth-order valence-corrected chi connectivity index (χ4v) is 10.3. The number of aromatic nitrogens is 1. The lowest BCUT2D eigenvalue weighted by atomic mass is 9.84. The zero-order chi connectivity index (χ0) is 44.3. The van der Waals surface area contributed by atoms with Crippen LogP contribution in [0.4, 0.5) is 4.79 Å². The van der Waals surface area contributed by atoms with Crippen molar-refractivity contribution in [1.29, 1.82) is 0 Å². The number of aliphatic imine (C=N–C) groups is 1. The molecule has 2 aliphatic heterocycles. The van der Waals surface area contributed by atoms with Gasteiger partial charge in [-0.25, -0.2) is 27.9 Å². The van der Waals surface area contributed by atoms with Gasteiger partial charge in [-0.1, -0.05) is 42.5 Å². The summed E-state index contributed by atoms with van der Waals surface area (Å²) in [5.74, 6) is -1.18. The second kappa shape index (κ2) is 18.2. The third kappa shape index (κ3) is 10.1. The maximum atomic E-state index is 14.7. The zero-order valence-electron chi connectivity index (χ0n) is 35.5. The Bertz CT molecular complexity index is 2420. The predicted octanol–water partition coefficient (Wildman–Crippen LogP) is 4.70. The van der Waals surface area contributed by atoms with E-state index < -0.39 is 56.9 Å². The van der Waals surface area contributed by atoms with E-state index in [9.17, 15) is 27.6 Å². The second-order valence-corrected chi connectivity index (χ2v) is 19.1. The fraction of sp³-hybridized carbons (Fsp3) is 0.442. The number of sulfonamides is 1. The third-order valence-corrected chi connectivity index (χ3v) is 13.5. The van der Waals surface area contributed by atoms with Gasteiger partial charge in [0, 0.05) is 26.1 Å². The van der Waals surface area contributed by atoms with Crippen LogP contribution in [-0.4, -0.2) is 103 Å². The smallest absolute Gasteiger partial charge is 0.408 e. The number of nitrogens with zero attached hydrogens (tertiary/aromatic N) is 4. The van der Waals surface area contributed by atoms with Crippen molar-refractivity contribution in [3.8, 4) is 5.75 Å². The van der Waals surface area contributed by atoms with E-state index >= 15 is 0 Å². The molecule has 3 amide bonds. The molecule has 4 aromatic rings. The highest BCUT2D eigenvalue weighted by Crippen LogP contribution is 2.34. The molecular formula is C43H54N8O8S2. The first-order valence-electron chi connectivity index (χ1n) is 20.1. The number of ether oxygens (including phenoxy) is 2. The van der Waals surface area contributed by atoms with Gasteiger partial charge in [0.25, 0.3) is 15.9 Å². The highest BCUT2D eigenvalue weighted by molar-refractivity contribution is 7.90. The number of alkyl carbamates (subject to hydrolysis) is 1. The largest absolute Gasteiger partial charge is 0.496 e. The maximum Gasteiger partial charge on any atom is 0.408 e. The van der Waals surface area contributed by atoms with Gasteiger partial charge in [0.2, 0.25) is 17.6 Å². The van der Waals surface area contributed by atoms with E-state index in [4.69, 9.17) is 15.2 Å². The first-order valence-corrected chi connectivity index (χ1v) is 22.4. The zero-order valence-corrected chi connectivity index (χ0v) is 37.2.